The predicted octanol–water partition coefficient (Wildman–Crippen LogP) is 5.49. The molecule has 0 aliphatic heterocycles. The van der Waals surface area contributed by atoms with Crippen molar-refractivity contribution in [2.75, 3.05) is 5.43 Å². The van der Waals surface area contributed by atoms with Gasteiger partial charge in [-0.3, -0.25) is 5.43 Å². The van der Waals surface area contributed by atoms with Crippen molar-refractivity contribution in [3.8, 4) is 10.6 Å². The summed E-state index contributed by atoms with van der Waals surface area (Å²) in [6.07, 6.45) is 3.76. The molecular weight excluding hydrogens is 310 g/mol. The Hall–Kier alpha value is -1.20. The first kappa shape index (κ1) is 14.4. The summed E-state index contributed by atoms with van der Waals surface area (Å²) in [5, 5.41) is 9.83. The van der Waals surface area contributed by atoms with Gasteiger partial charge in [-0.2, -0.15) is 5.10 Å². The number of rotatable bonds is 3. The monoisotopic (exact) mass is 331 g/mol. The van der Waals surface area contributed by atoms with E-state index in [1.54, 1.807) is 22.7 Å². The summed E-state index contributed by atoms with van der Waals surface area (Å²) in [5.74, 6) is 0.788. The van der Waals surface area contributed by atoms with Crippen LogP contribution >= 0.6 is 22.7 Å². The Bertz CT molecular complexity index is 714. The number of hydrogen-bond acceptors (Lipinski definition) is 5. The van der Waals surface area contributed by atoms with Gasteiger partial charge in [-0.15, -0.1) is 22.7 Å². The lowest BCUT2D eigenvalue weighted by Gasteiger charge is -2.34. The standard InChI is InChI=1S/C17H21N3S2/c1-16(2)11-6-7-17(16,3)14(9-11)19-20-15-18-12(10-22-15)13-5-4-8-21-13/h4-5,8,10-11H,6-7,9H2,1-3H3,(H,18,20)/b19-14-. The Morgan fingerprint density at radius 3 is 2.82 bits per heavy atom. The van der Waals surface area contributed by atoms with Crippen LogP contribution in [0.2, 0.25) is 0 Å². The van der Waals surface area contributed by atoms with Crippen LogP contribution in [-0.4, -0.2) is 10.7 Å². The molecule has 2 aromatic heterocycles. The Labute approximate surface area is 139 Å². The lowest BCUT2D eigenvalue weighted by molar-refractivity contribution is 0.194. The number of fused-ring (bicyclic) bond motifs is 2. The topological polar surface area (TPSA) is 37.3 Å². The molecule has 22 heavy (non-hydrogen) atoms. The van der Waals surface area contributed by atoms with Crippen LogP contribution in [0.5, 0.6) is 0 Å². The third kappa shape index (κ3) is 1.98. The molecule has 5 heteroatoms. The van der Waals surface area contributed by atoms with Gasteiger partial charge < -0.3 is 0 Å². The summed E-state index contributed by atoms with van der Waals surface area (Å²) < 4.78 is 0. The summed E-state index contributed by atoms with van der Waals surface area (Å²) in [6, 6.07) is 4.17. The van der Waals surface area contributed by atoms with E-state index in [0.29, 0.717) is 5.41 Å². The number of hydrogen-bond donors (Lipinski definition) is 1. The maximum absolute atomic E-state index is 4.76. The first-order chi connectivity index (χ1) is 10.5. The van der Waals surface area contributed by atoms with Gasteiger partial charge in [0.05, 0.1) is 10.6 Å². The average molecular weight is 332 g/mol. The van der Waals surface area contributed by atoms with Gasteiger partial charge in [0.1, 0.15) is 0 Å². The minimum Gasteiger partial charge on any atom is -0.253 e. The van der Waals surface area contributed by atoms with E-state index in [1.807, 2.05) is 0 Å². The molecule has 0 saturated heterocycles. The highest BCUT2D eigenvalue weighted by molar-refractivity contribution is 7.15. The number of anilines is 1. The normalized spacial score (nSPS) is 31.0. The molecule has 2 aliphatic rings. The van der Waals surface area contributed by atoms with E-state index in [9.17, 15) is 0 Å². The van der Waals surface area contributed by atoms with Crippen LogP contribution in [0.15, 0.2) is 28.0 Å². The van der Waals surface area contributed by atoms with E-state index >= 15 is 0 Å². The van der Waals surface area contributed by atoms with Gasteiger partial charge in [-0.05, 0) is 42.0 Å². The third-order valence-electron chi connectivity index (χ3n) is 6.08. The maximum Gasteiger partial charge on any atom is 0.203 e. The SMILES string of the molecule is CC12CCC(C/C1=N/Nc1nc(-c3cccs3)cs1)C2(C)C. The summed E-state index contributed by atoms with van der Waals surface area (Å²) in [4.78, 5) is 5.86. The quantitative estimate of drug-likeness (QED) is 0.756. The molecule has 0 radical (unpaired) electrons. The number of nitrogens with zero attached hydrogens (tertiary/aromatic N) is 2. The number of aromatic nitrogens is 1. The molecule has 2 aromatic rings. The van der Waals surface area contributed by atoms with Crippen molar-refractivity contribution < 1.29 is 0 Å². The molecule has 2 aliphatic carbocycles. The molecule has 3 nitrogen and oxygen atoms in total. The Kier molecular flexibility index (Phi) is 3.20. The van der Waals surface area contributed by atoms with Crippen molar-refractivity contribution in [1.29, 1.82) is 0 Å². The second-order valence-corrected chi connectivity index (χ2v) is 8.98. The molecule has 116 valence electrons. The van der Waals surface area contributed by atoms with Crippen molar-refractivity contribution in [2.24, 2.45) is 21.8 Å². The fourth-order valence-electron chi connectivity index (χ4n) is 4.08. The molecular formula is C17H21N3S2. The van der Waals surface area contributed by atoms with Gasteiger partial charge >= 0.3 is 0 Å². The molecule has 0 spiro atoms. The van der Waals surface area contributed by atoms with Crippen LogP contribution in [0.3, 0.4) is 0 Å². The maximum atomic E-state index is 4.76. The van der Waals surface area contributed by atoms with Gasteiger partial charge in [0.25, 0.3) is 0 Å². The molecule has 0 amide bonds. The average Bonchev–Trinajstić information content (AvgIpc) is 3.22. The molecule has 2 atom stereocenters. The Balaban J connectivity index is 1.54. The smallest absolute Gasteiger partial charge is 0.203 e. The largest absolute Gasteiger partial charge is 0.253 e. The first-order valence-corrected chi connectivity index (χ1v) is 9.59. The molecule has 2 fully saturated rings. The van der Waals surface area contributed by atoms with Crippen molar-refractivity contribution in [3.05, 3.63) is 22.9 Å². The molecule has 2 saturated carbocycles. The zero-order chi connectivity index (χ0) is 15.4. The minimum absolute atomic E-state index is 0.249. The highest BCUT2D eigenvalue weighted by Crippen LogP contribution is 2.63. The van der Waals surface area contributed by atoms with Gasteiger partial charge in [0, 0.05) is 16.5 Å². The zero-order valence-electron chi connectivity index (χ0n) is 13.2. The minimum atomic E-state index is 0.249. The van der Waals surface area contributed by atoms with Crippen LogP contribution in [-0.2, 0) is 0 Å². The summed E-state index contributed by atoms with van der Waals surface area (Å²) in [6.45, 7) is 7.20. The summed E-state index contributed by atoms with van der Waals surface area (Å²) in [7, 11) is 0. The van der Waals surface area contributed by atoms with Crippen LogP contribution < -0.4 is 5.43 Å². The Morgan fingerprint density at radius 2 is 2.18 bits per heavy atom. The Morgan fingerprint density at radius 1 is 1.32 bits per heavy atom. The first-order valence-electron chi connectivity index (χ1n) is 7.83. The van der Waals surface area contributed by atoms with E-state index < -0.39 is 0 Å². The summed E-state index contributed by atoms with van der Waals surface area (Å²) >= 11 is 3.35. The molecule has 4 rings (SSSR count). The van der Waals surface area contributed by atoms with Gasteiger partial charge in [0.15, 0.2) is 0 Å². The third-order valence-corrected chi connectivity index (χ3v) is 7.72. The second kappa shape index (κ2) is 4.90. The van der Waals surface area contributed by atoms with Crippen LogP contribution in [0.1, 0.15) is 40.0 Å². The zero-order valence-corrected chi connectivity index (χ0v) is 14.9. The predicted molar refractivity (Wildman–Crippen MR) is 95.7 cm³/mol. The number of hydrazone groups is 1. The van der Waals surface area contributed by atoms with E-state index in [2.05, 4.69) is 54.1 Å². The lowest BCUT2D eigenvalue weighted by Crippen LogP contribution is -2.32. The fourth-order valence-corrected chi connectivity index (χ4v) is 5.49. The van der Waals surface area contributed by atoms with Crippen LogP contribution in [0.25, 0.3) is 10.6 Å². The van der Waals surface area contributed by atoms with E-state index in [1.165, 1.54) is 23.4 Å². The van der Waals surface area contributed by atoms with Crippen LogP contribution in [0, 0.1) is 16.7 Å². The number of thiophene rings is 1. The van der Waals surface area contributed by atoms with Crippen molar-refractivity contribution in [3.63, 3.8) is 0 Å². The highest BCUT2D eigenvalue weighted by Gasteiger charge is 2.59. The molecule has 0 aromatic carbocycles. The van der Waals surface area contributed by atoms with Crippen molar-refractivity contribution in [1.82, 2.24) is 4.98 Å². The van der Waals surface area contributed by atoms with Crippen molar-refractivity contribution in [2.45, 2.75) is 40.0 Å². The summed E-state index contributed by atoms with van der Waals surface area (Å²) in [5.41, 5.74) is 6.22. The molecule has 2 bridgehead atoms. The second-order valence-electron chi connectivity index (χ2n) is 7.18. The lowest BCUT2D eigenvalue weighted by atomic mass is 9.70. The van der Waals surface area contributed by atoms with E-state index in [-0.39, 0.29) is 5.41 Å². The van der Waals surface area contributed by atoms with Crippen molar-refractivity contribution >= 4 is 33.5 Å². The molecule has 2 heterocycles. The number of thiazole rings is 1. The molecule has 2 unspecified atom stereocenters. The molecule has 1 N–H and O–H groups in total. The van der Waals surface area contributed by atoms with Gasteiger partial charge in [0.2, 0.25) is 5.13 Å². The van der Waals surface area contributed by atoms with Crippen LogP contribution in [0.4, 0.5) is 5.13 Å². The number of nitrogens with one attached hydrogen (secondary N) is 1. The fraction of sp³-hybridized carbons (Fsp3) is 0.529. The van der Waals surface area contributed by atoms with E-state index in [0.717, 1.165) is 23.2 Å². The van der Waals surface area contributed by atoms with E-state index in [4.69, 9.17) is 5.10 Å². The van der Waals surface area contributed by atoms with Gasteiger partial charge in [-0.25, -0.2) is 4.98 Å². The van der Waals surface area contributed by atoms with Gasteiger partial charge in [-0.1, -0.05) is 26.8 Å². The highest BCUT2D eigenvalue weighted by atomic mass is 32.1.